The van der Waals surface area contributed by atoms with E-state index in [2.05, 4.69) is 22.8 Å². The van der Waals surface area contributed by atoms with Crippen LogP contribution in [-0.2, 0) is 0 Å². The van der Waals surface area contributed by atoms with E-state index in [1.54, 1.807) is 6.07 Å². The molecule has 0 spiro atoms. The van der Waals surface area contributed by atoms with E-state index in [4.69, 9.17) is 0 Å². The predicted octanol–water partition coefficient (Wildman–Crippen LogP) is 3.20. The Morgan fingerprint density at radius 3 is 2.89 bits per heavy atom. The SMILES string of the molecule is Cc1c(F)cccc1N1CC2CCCCN2CC1C. The molecule has 0 amide bonds. The average Bonchev–Trinajstić information content (AvgIpc) is 2.41. The van der Waals surface area contributed by atoms with Gasteiger partial charge in [0.15, 0.2) is 0 Å². The molecule has 2 fully saturated rings. The van der Waals surface area contributed by atoms with Crippen molar-refractivity contribution in [1.82, 2.24) is 4.90 Å². The fourth-order valence-electron chi connectivity index (χ4n) is 3.60. The number of benzene rings is 1. The van der Waals surface area contributed by atoms with Gasteiger partial charge in [-0.25, -0.2) is 4.39 Å². The second-order valence-electron chi connectivity index (χ2n) is 6.03. The smallest absolute Gasteiger partial charge is 0.128 e. The number of fused-ring (bicyclic) bond motifs is 1. The maximum Gasteiger partial charge on any atom is 0.128 e. The Labute approximate surface area is 115 Å². The standard InChI is InChI=1S/C16H23FN2/c1-12-10-18-9-4-3-6-14(18)11-19(12)16-8-5-7-15(17)13(16)2/h5,7-8,12,14H,3-4,6,9-11H2,1-2H3. The van der Waals surface area contributed by atoms with E-state index in [1.165, 1.54) is 25.8 Å². The second-order valence-corrected chi connectivity index (χ2v) is 6.03. The summed E-state index contributed by atoms with van der Waals surface area (Å²) < 4.78 is 13.8. The lowest BCUT2D eigenvalue weighted by Gasteiger charge is -2.48. The van der Waals surface area contributed by atoms with Crippen molar-refractivity contribution < 1.29 is 4.39 Å². The predicted molar refractivity (Wildman–Crippen MR) is 77.2 cm³/mol. The van der Waals surface area contributed by atoms with Crippen molar-refractivity contribution in [2.24, 2.45) is 0 Å². The highest BCUT2D eigenvalue weighted by atomic mass is 19.1. The van der Waals surface area contributed by atoms with Gasteiger partial charge in [-0.05, 0) is 45.4 Å². The summed E-state index contributed by atoms with van der Waals surface area (Å²) in [6.07, 6.45) is 3.96. The molecule has 3 heteroatoms. The van der Waals surface area contributed by atoms with E-state index in [1.807, 2.05) is 13.0 Å². The molecule has 2 aliphatic heterocycles. The van der Waals surface area contributed by atoms with Gasteiger partial charge in [-0.2, -0.15) is 0 Å². The van der Waals surface area contributed by atoms with Gasteiger partial charge in [0.05, 0.1) is 0 Å². The average molecular weight is 262 g/mol. The number of piperidine rings is 1. The van der Waals surface area contributed by atoms with Crippen molar-refractivity contribution in [3.8, 4) is 0 Å². The monoisotopic (exact) mass is 262 g/mol. The number of nitrogens with zero attached hydrogens (tertiary/aromatic N) is 2. The molecule has 2 aliphatic rings. The van der Waals surface area contributed by atoms with Crippen LogP contribution in [0.2, 0.25) is 0 Å². The van der Waals surface area contributed by atoms with Gasteiger partial charge in [0.1, 0.15) is 5.82 Å². The molecule has 1 aromatic carbocycles. The van der Waals surface area contributed by atoms with Crippen molar-refractivity contribution in [3.05, 3.63) is 29.6 Å². The van der Waals surface area contributed by atoms with E-state index in [0.717, 1.165) is 24.3 Å². The summed E-state index contributed by atoms with van der Waals surface area (Å²) in [7, 11) is 0. The second kappa shape index (κ2) is 5.12. The number of halogens is 1. The molecule has 2 saturated heterocycles. The molecular formula is C16H23FN2. The molecule has 3 rings (SSSR count). The van der Waals surface area contributed by atoms with Crippen LogP contribution in [0.5, 0.6) is 0 Å². The molecule has 2 heterocycles. The molecule has 0 aliphatic carbocycles. The summed E-state index contributed by atoms with van der Waals surface area (Å²) in [6, 6.07) is 6.58. The lowest BCUT2D eigenvalue weighted by Crippen LogP contribution is -2.59. The minimum atomic E-state index is -0.0872. The fourth-order valence-corrected chi connectivity index (χ4v) is 3.60. The molecule has 1 aromatic rings. The summed E-state index contributed by atoms with van der Waals surface area (Å²) in [4.78, 5) is 5.03. The van der Waals surface area contributed by atoms with E-state index >= 15 is 0 Å². The lowest BCUT2D eigenvalue weighted by atomic mass is 9.96. The normalized spacial score (nSPS) is 28.3. The van der Waals surface area contributed by atoms with Gasteiger partial charge in [0, 0.05) is 36.4 Å². The Kier molecular flexibility index (Phi) is 3.48. The first-order chi connectivity index (χ1) is 9.16. The topological polar surface area (TPSA) is 6.48 Å². The largest absolute Gasteiger partial charge is 0.366 e. The van der Waals surface area contributed by atoms with E-state index in [0.29, 0.717) is 12.1 Å². The molecule has 19 heavy (non-hydrogen) atoms. The minimum absolute atomic E-state index is 0.0872. The van der Waals surface area contributed by atoms with Crippen molar-refractivity contribution >= 4 is 5.69 Å². The van der Waals surface area contributed by atoms with Crippen molar-refractivity contribution in [1.29, 1.82) is 0 Å². The molecule has 0 N–H and O–H groups in total. The van der Waals surface area contributed by atoms with Crippen LogP contribution in [0.4, 0.5) is 10.1 Å². The number of anilines is 1. The van der Waals surface area contributed by atoms with Crippen molar-refractivity contribution in [3.63, 3.8) is 0 Å². The minimum Gasteiger partial charge on any atom is -0.366 e. The Morgan fingerprint density at radius 2 is 2.05 bits per heavy atom. The summed E-state index contributed by atoms with van der Waals surface area (Å²) in [5, 5.41) is 0. The van der Waals surface area contributed by atoms with Gasteiger partial charge in [0.25, 0.3) is 0 Å². The number of piperazine rings is 1. The van der Waals surface area contributed by atoms with Crippen LogP contribution in [0.3, 0.4) is 0 Å². The fraction of sp³-hybridized carbons (Fsp3) is 0.625. The first-order valence-electron chi connectivity index (χ1n) is 7.42. The van der Waals surface area contributed by atoms with Crippen LogP contribution in [0.25, 0.3) is 0 Å². The Balaban J connectivity index is 1.86. The molecule has 0 bridgehead atoms. The molecule has 104 valence electrons. The van der Waals surface area contributed by atoms with E-state index in [9.17, 15) is 4.39 Å². The van der Waals surface area contributed by atoms with Crippen LogP contribution < -0.4 is 4.90 Å². The van der Waals surface area contributed by atoms with Crippen LogP contribution >= 0.6 is 0 Å². The molecule has 2 atom stereocenters. The Bertz CT molecular complexity index is 460. The highest BCUT2D eigenvalue weighted by molar-refractivity contribution is 5.55. The zero-order valence-electron chi connectivity index (χ0n) is 11.9. The first kappa shape index (κ1) is 12.9. The van der Waals surface area contributed by atoms with Gasteiger partial charge in [-0.15, -0.1) is 0 Å². The molecule has 0 aromatic heterocycles. The number of rotatable bonds is 1. The zero-order chi connectivity index (χ0) is 13.4. The number of hydrogen-bond acceptors (Lipinski definition) is 2. The van der Waals surface area contributed by atoms with Gasteiger partial charge in [0.2, 0.25) is 0 Å². The third-order valence-corrected chi connectivity index (χ3v) is 4.74. The molecule has 0 saturated carbocycles. The Hall–Kier alpha value is -1.09. The third kappa shape index (κ3) is 2.36. The zero-order valence-corrected chi connectivity index (χ0v) is 11.9. The highest BCUT2D eigenvalue weighted by Gasteiger charge is 2.33. The van der Waals surface area contributed by atoms with E-state index < -0.39 is 0 Å². The summed E-state index contributed by atoms with van der Waals surface area (Å²) >= 11 is 0. The van der Waals surface area contributed by atoms with Crippen molar-refractivity contribution in [2.75, 3.05) is 24.5 Å². The van der Waals surface area contributed by atoms with Crippen LogP contribution in [0, 0.1) is 12.7 Å². The molecular weight excluding hydrogens is 239 g/mol. The van der Waals surface area contributed by atoms with Crippen LogP contribution in [0.1, 0.15) is 31.7 Å². The highest BCUT2D eigenvalue weighted by Crippen LogP contribution is 2.30. The van der Waals surface area contributed by atoms with Crippen LogP contribution in [0.15, 0.2) is 18.2 Å². The van der Waals surface area contributed by atoms with Gasteiger partial charge >= 0.3 is 0 Å². The van der Waals surface area contributed by atoms with Crippen molar-refractivity contribution in [2.45, 2.75) is 45.2 Å². The lowest BCUT2D eigenvalue weighted by molar-refractivity contribution is 0.115. The third-order valence-electron chi connectivity index (χ3n) is 4.74. The maximum atomic E-state index is 13.8. The summed E-state index contributed by atoms with van der Waals surface area (Å²) in [5.74, 6) is -0.0872. The Morgan fingerprint density at radius 1 is 1.21 bits per heavy atom. The summed E-state index contributed by atoms with van der Waals surface area (Å²) in [5.41, 5.74) is 1.87. The van der Waals surface area contributed by atoms with Crippen LogP contribution in [-0.4, -0.2) is 36.6 Å². The van der Waals surface area contributed by atoms with Gasteiger partial charge in [-0.1, -0.05) is 12.5 Å². The van der Waals surface area contributed by atoms with E-state index in [-0.39, 0.29) is 5.82 Å². The maximum absolute atomic E-state index is 13.8. The number of hydrogen-bond donors (Lipinski definition) is 0. The van der Waals surface area contributed by atoms with Gasteiger partial charge in [-0.3, -0.25) is 4.90 Å². The quantitative estimate of drug-likeness (QED) is 0.767. The molecule has 2 unspecified atom stereocenters. The first-order valence-corrected chi connectivity index (χ1v) is 7.42. The summed E-state index contributed by atoms with van der Waals surface area (Å²) in [6.45, 7) is 7.55. The molecule has 2 nitrogen and oxygen atoms in total. The molecule has 0 radical (unpaired) electrons. The van der Waals surface area contributed by atoms with Gasteiger partial charge < -0.3 is 4.90 Å².